The van der Waals surface area contributed by atoms with Gasteiger partial charge in [0.2, 0.25) is 6.54 Å². The van der Waals surface area contributed by atoms with Crippen molar-refractivity contribution >= 4 is 5.78 Å². The molecule has 0 aromatic heterocycles. The van der Waals surface area contributed by atoms with Gasteiger partial charge in [0.25, 0.3) is 0 Å². The van der Waals surface area contributed by atoms with Crippen LogP contribution < -0.4 is 0 Å². The molecular formula is C10H15NO4. The summed E-state index contributed by atoms with van der Waals surface area (Å²) >= 11 is 0. The lowest BCUT2D eigenvalue weighted by atomic mass is 9.96. The summed E-state index contributed by atoms with van der Waals surface area (Å²) in [6.07, 6.45) is 5.64. The Labute approximate surface area is 89.0 Å². The molecule has 0 saturated carbocycles. The largest absolute Gasteiger partial charge is 0.359 e. The zero-order valence-corrected chi connectivity index (χ0v) is 8.99. The van der Waals surface area contributed by atoms with Crippen molar-refractivity contribution < 1.29 is 14.5 Å². The number of carbonyl (C=O) groups is 1. The van der Waals surface area contributed by atoms with Crippen LogP contribution in [-0.4, -0.2) is 29.5 Å². The molecule has 84 valence electrons. The van der Waals surface area contributed by atoms with Crippen LogP contribution in [0.2, 0.25) is 0 Å². The number of hydrogen-bond donors (Lipinski definition) is 0. The van der Waals surface area contributed by atoms with E-state index in [0.29, 0.717) is 6.42 Å². The third kappa shape index (κ3) is 4.09. The minimum absolute atomic E-state index is 0.164. The maximum atomic E-state index is 11.3. The van der Waals surface area contributed by atoms with E-state index in [1.807, 2.05) is 0 Å². The van der Waals surface area contributed by atoms with Crippen molar-refractivity contribution in [1.29, 1.82) is 0 Å². The number of ether oxygens (including phenoxy) is 1. The Hall–Kier alpha value is -1.41. The summed E-state index contributed by atoms with van der Waals surface area (Å²) in [5.41, 5.74) is -1.32. The number of hydrogen-bond acceptors (Lipinski definition) is 4. The summed E-state index contributed by atoms with van der Waals surface area (Å²) in [5.74, 6) is 2.02. The highest BCUT2D eigenvalue weighted by atomic mass is 16.6. The Kier molecular flexibility index (Phi) is 5.57. The topological polar surface area (TPSA) is 69.4 Å². The van der Waals surface area contributed by atoms with Gasteiger partial charge in [-0.2, -0.15) is 0 Å². The molecule has 0 N–H and O–H groups in total. The first kappa shape index (κ1) is 13.6. The molecule has 0 aromatic carbocycles. The molecule has 15 heavy (non-hydrogen) atoms. The van der Waals surface area contributed by atoms with Crippen LogP contribution in [0, 0.1) is 22.5 Å². The van der Waals surface area contributed by atoms with Gasteiger partial charge in [0.15, 0.2) is 11.4 Å². The standard InChI is InChI=1S/C10H15NO4/c1-4-6-7-15-10(5-2,9(3)12)8-11(13)14/h1H,5-8H2,2-3H3. The molecule has 0 amide bonds. The summed E-state index contributed by atoms with van der Waals surface area (Å²) in [5, 5.41) is 10.4. The average Bonchev–Trinajstić information content (AvgIpc) is 2.15. The molecule has 0 saturated heterocycles. The smallest absolute Gasteiger partial charge is 0.239 e. The van der Waals surface area contributed by atoms with Crippen LogP contribution in [0.15, 0.2) is 0 Å². The van der Waals surface area contributed by atoms with Crippen LogP contribution in [0.3, 0.4) is 0 Å². The van der Waals surface area contributed by atoms with E-state index in [1.54, 1.807) is 6.92 Å². The van der Waals surface area contributed by atoms with Gasteiger partial charge in [0.1, 0.15) is 0 Å². The van der Waals surface area contributed by atoms with E-state index in [9.17, 15) is 14.9 Å². The molecule has 5 nitrogen and oxygen atoms in total. The minimum atomic E-state index is -1.32. The summed E-state index contributed by atoms with van der Waals surface area (Å²) < 4.78 is 5.26. The number of Topliss-reactive ketones (excluding diaryl/α,β-unsaturated/α-hetero) is 1. The molecule has 0 fully saturated rings. The van der Waals surface area contributed by atoms with Crippen molar-refractivity contribution in [1.82, 2.24) is 0 Å². The van der Waals surface area contributed by atoms with E-state index in [-0.39, 0.29) is 18.8 Å². The first-order chi connectivity index (χ1) is 6.98. The quantitative estimate of drug-likeness (QED) is 0.274. The van der Waals surface area contributed by atoms with E-state index < -0.39 is 17.1 Å². The lowest BCUT2D eigenvalue weighted by Gasteiger charge is -2.25. The van der Waals surface area contributed by atoms with Gasteiger partial charge >= 0.3 is 0 Å². The number of ketones is 1. The summed E-state index contributed by atoms with van der Waals surface area (Å²) in [4.78, 5) is 21.2. The summed E-state index contributed by atoms with van der Waals surface area (Å²) in [6.45, 7) is 2.63. The molecule has 5 heteroatoms. The zero-order chi connectivity index (χ0) is 11.9. The lowest BCUT2D eigenvalue weighted by molar-refractivity contribution is -0.498. The second kappa shape index (κ2) is 6.14. The Bertz CT molecular complexity index is 282. The lowest BCUT2D eigenvalue weighted by Crippen LogP contribution is -2.46. The molecule has 0 aliphatic carbocycles. The third-order valence-electron chi connectivity index (χ3n) is 2.22. The first-order valence-corrected chi connectivity index (χ1v) is 4.68. The first-order valence-electron chi connectivity index (χ1n) is 4.68. The number of nitro groups is 1. The highest BCUT2D eigenvalue weighted by Crippen LogP contribution is 2.18. The SMILES string of the molecule is C#CCCOC(CC)(C[N+](=O)[O-])C(C)=O. The number of nitrogens with zero attached hydrogens (tertiary/aromatic N) is 1. The van der Waals surface area contributed by atoms with Crippen molar-refractivity contribution in [3.63, 3.8) is 0 Å². The third-order valence-corrected chi connectivity index (χ3v) is 2.22. The van der Waals surface area contributed by atoms with Gasteiger partial charge in [0.05, 0.1) is 6.61 Å². The van der Waals surface area contributed by atoms with Crippen molar-refractivity contribution in [2.75, 3.05) is 13.2 Å². The van der Waals surface area contributed by atoms with E-state index in [2.05, 4.69) is 5.92 Å². The Morgan fingerprint density at radius 3 is 2.60 bits per heavy atom. The summed E-state index contributed by atoms with van der Waals surface area (Å²) in [7, 11) is 0. The monoisotopic (exact) mass is 213 g/mol. The predicted octanol–water partition coefficient (Wildman–Crippen LogP) is 1.04. The van der Waals surface area contributed by atoms with Crippen LogP contribution in [0.4, 0.5) is 0 Å². The molecule has 0 aliphatic rings. The molecule has 0 spiro atoms. The Balaban J connectivity index is 4.59. The maximum absolute atomic E-state index is 11.3. The molecule has 0 heterocycles. The highest BCUT2D eigenvalue weighted by molar-refractivity contribution is 5.85. The maximum Gasteiger partial charge on any atom is 0.239 e. The molecule has 1 unspecified atom stereocenters. The van der Waals surface area contributed by atoms with Gasteiger partial charge in [-0.15, -0.1) is 12.3 Å². The van der Waals surface area contributed by atoms with Gasteiger partial charge in [-0.25, -0.2) is 0 Å². The van der Waals surface area contributed by atoms with E-state index in [0.717, 1.165) is 0 Å². The van der Waals surface area contributed by atoms with E-state index in [1.165, 1.54) is 6.92 Å². The average molecular weight is 213 g/mol. The van der Waals surface area contributed by atoms with Crippen LogP contribution in [0.25, 0.3) is 0 Å². The predicted molar refractivity (Wildman–Crippen MR) is 55.0 cm³/mol. The van der Waals surface area contributed by atoms with Crippen LogP contribution >= 0.6 is 0 Å². The van der Waals surface area contributed by atoms with Gasteiger partial charge in [0, 0.05) is 11.3 Å². The van der Waals surface area contributed by atoms with Crippen molar-refractivity contribution in [2.24, 2.45) is 0 Å². The molecule has 0 rings (SSSR count). The van der Waals surface area contributed by atoms with E-state index in [4.69, 9.17) is 11.2 Å². The van der Waals surface area contributed by atoms with Crippen LogP contribution in [0.1, 0.15) is 26.7 Å². The second-order valence-corrected chi connectivity index (χ2v) is 3.20. The van der Waals surface area contributed by atoms with Gasteiger partial charge in [-0.05, 0) is 13.3 Å². The fraction of sp³-hybridized carbons (Fsp3) is 0.700. The van der Waals surface area contributed by atoms with Gasteiger partial charge in [-0.1, -0.05) is 6.92 Å². The molecule has 1 atom stereocenters. The Morgan fingerprint density at radius 2 is 2.27 bits per heavy atom. The van der Waals surface area contributed by atoms with Crippen LogP contribution in [-0.2, 0) is 9.53 Å². The molecule has 0 radical (unpaired) electrons. The Morgan fingerprint density at radius 1 is 1.67 bits per heavy atom. The highest BCUT2D eigenvalue weighted by Gasteiger charge is 2.40. The zero-order valence-electron chi connectivity index (χ0n) is 8.99. The van der Waals surface area contributed by atoms with Crippen molar-refractivity contribution in [2.45, 2.75) is 32.3 Å². The van der Waals surface area contributed by atoms with Gasteiger partial charge < -0.3 is 4.74 Å². The van der Waals surface area contributed by atoms with Gasteiger partial charge in [-0.3, -0.25) is 14.9 Å². The second-order valence-electron chi connectivity index (χ2n) is 3.20. The molecule has 0 aromatic rings. The number of terminal acetylenes is 1. The number of carbonyl (C=O) groups excluding carboxylic acids is 1. The molecule has 0 bridgehead atoms. The minimum Gasteiger partial charge on any atom is -0.359 e. The summed E-state index contributed by atoms with van der Waals surface area (Å²) in [6, 6.07) is 0. The fourth-order valence-electron chi connectivity index (χ4n) is 1.24. The molecule has 0 aliphatic heterocycles. The van der Waals surface area contributed by atoms with Crippen LogP contribution in [0.5, 0.6) is 0 Å². The molecular weight excluding hydrogens is 198 g/mol. The number of rotatable bonds is 7. The van der Waals surface area contributed by atoms with E-state index >= 15 is 0 Å². The van der Waals surface area contributed by atoms with Crippen molar-refractivity contribution in [3.8, 4) is 12.3 Å². The fourth-order valence-corrected chi connectivity index (χ4v) is 1.24. The normalized spacial score (nSPS) is 13.9. The van der Waals surface area contributed by atoms with Crippen molar-refractivity contribution in [3.05, 3.63) is 10.1 Å².